The van der Waals surface area contributed by atoms with Crippen LogP contribution in [0.25, 0.3) is 99.4 Å². The molecule has 0 nitrogen and oxygen atoms in total. The van der Waals surface area contributed by atoms with Crippen molar-refractivity contribution in [1.82, 2.24) is 0 Å². The highest BCUT2D eigenvalue weighted by molar-refractivity contribution is 6.11. The topological polar surface area (TPSA) is 0 Å². The average Bonchev–Trinajstić information content (AvgIpc) is 3.17. The molecule has 10 aromatic carbocycles. The second kappa shape index (κ2) is 20.2. The highest BCUT2D eigenvalue weighted by atomic mass is 14.5. The Hall–Kier alpha value is -7.28. The summed E-state index contributed by atoms with van der Waals surface area (Å²) < 4.78 is 0. The molecule has 0 heteroatoms. The van der Waals surface area contributed by atoms with E-state index in [1.54, 1.807) is 11.1 Å². The monoisotopic (exact) mass is 1010 g/mol. The highest BCUT2D eigenvalue weighted by Gasteiger charge is 2.48. The zero-order valence-electron chi connectivity index (χ0n) is 47.2. The molecular weight excluding hydrogens is 937 g/mol. The molecule has 0 aromatic heterocycles. The molecule has 0 N–H and O–H groups in total. The summed E-state index contributed by atoms with van der Waals surface area (Å²) in [4.78, 5) is 0. The van der Waals surface area contributed by atoms with Gasteiger partial charge in [0.1, 0.15) is 0 Å². The minimum atomic E-state index is -0.200. The van der Waals surface area contributed by atoms with Gasteiger partial charge < -0.3 is 0 Å². The van der Waals surface area contributed by atoms with Crippen LogP contribution in [0, 0.1) is 0 Å². The normalized spacial score (nSPS) is 14.7. The van der Waals surface area contributed by atoms with Crippen LogP contribution in [0.4, 0.5) is 0 Å². The van der Waals surface area contributed by atoms with Crippen molar-refractivity contribution in [3.63, 3.8) is 0 Å². The highest BCUT2D eigenvalue weighted by Crippen LogP contribution is 2.63. The summed E-state index contributed by atoms with van der Waals surface area (Å²) in [5.74, 6) is 0. The summed E-state index contributed by atoms with van der Waals surface area (Å²) in [6.45, 7) is 14.7. The number of rotatable bonds is 17. The van der Waals surface area contributed by atoms with E-state index >= 15 is 0 Å². The van der Waals surface area contributed by atoms with Gasteiger partial charge in [-0.1, -0.05) is 270 Å². The van der Waals surface area contributed by atoms with Crippen LogP contribution in [0.3, 0.4) is 0 Å². The van der Waals surface area contributed by atoms with E-state index in [0.717, 1.165) is 0 Å². The molecule has 0 fully saturated rings. The second-order valence-corrected chi connectivity index (χ2v) is 24.6. The summed E-state index contributed by atoms with van der Waals surface area (Å²) >= 11 is 0. The van der Waals surface area contributed by atoms with Gasteiger partial charge in [-0.25, -0.2) is 0 Å². The molecular formula is C78H76. The van der Waals surface area contributed by atoms with Crippen molar-refractivity contribution >= 4 is 21.5 Å². The maximum atomic E-state index is 2.77. The van der Waals surface area contributed by atoms with E-state index in [1.807, 2.05) is 0 Å². The molecule has 0 atom stereocenters. The number of unbranched alkanes of at least 4 members (excludes halogenated alkanes) is 9. The van der Waals surface area contributed by atoms with Crippen LogP contribution in [-0.2, 0) is 16.2 Å². The summed E-state index contributed by atoms with van der Waals surface area (Å²) in [7, 11) is 0. The first-order chi connectivity index (χ1) is 38.1. The molecule has 0 spiro atoms. The van der Waals surface area contributed by atoms with Crippen molar-refractivity contribution in [3.8, 4) is 77.9 Å². The standard InChI is InChI=1S/C78H76/c1-7-9-11-13-15-27-45-78(44-26-14-12-10-8-2)70-50-66-68(76(3,4)72-46-62(58-32-22-24-34-60(58)74(66)72)56-40-36-54(37-41-56)52-28-18-16-19-29-52)48-64(70)65-49-69-67(51-71(65)78)75-61-35-25-23-33-59(61)63(47-73(75)77(69,5)6)57-42-38-55(39-43-57)53-30-20-17-21-31-53/h16-25,28-43,46-51H,7-15,26-27,44-45H2,1-6H3. The average molecular weight is 1010 g/mol. The quantitative estimate of drug-likeness (QED) is 0.0798. The summed E-state index contributed by atoms with van der Waals surface area (Å²) in [6.07, 6.45) is 16.6. The Morgan fingerprint density at radius 2 is 0.564 bits per heavy atom. The summed E-state index contributed by atoms with van der Waals surface area (Å²) in [5.41, 5.74) is 27.5. The molecule has 0 radical (unpaired) electrons. The lowest BCUT2D eigenvalue weighted by molar-refractivity contribution is 0.398. The maximum absolute atomic E-state index is 2.77. The van der Waals surface area contributed by atoms with Crippen LogP contribution >= 0.6 is 0 Å². The van der Waals surface area contributed by atoms with Gasteiger partial charge in [-0.15, -0.1) is 0 Å². The number of benzene rings is 10. The molecule has 13 rings (SSSR count). The van der Waals surface area contributed by atoms with Crippen molar-refractivity contribution in [2.45, 2.75) is 141 Å². The minimum absolute atomic E-state index is 0.0853. The molecule has 0 bridgehead atoms. The van der Waals surface area contributed by atoms with E-state index in [4.69, 9.17) is 0 Å². The fourth-order valence-corrected chi connectivity index (χ4v) is 15.0. The third-order valence-electron chi connectivity index (χ3n) is 19.2. The first-order valence-electron chi connectivity index (χ1n) is 30.0. The van der Waals surface area contributed by atoms with E-state index in [9.17, 15) is 0 Å². The SMILES string of the molecule is CCCCCCCCC1(CCCCCCC)c2cc3c(cc2-c2cc4c(cc21)-c1c(cc(-c2ccc(-c5ccccc5)cc2)c2ccccc12)C4(C)C)C(C)(C)c1cc(-c2ccc(-c4ccccc4)cc2)c2ccccc2c1-3. The van der Waals surface area contributed by atoms with Gasteiger partial charge in [0.15, 0.2) is 0 Å². The Balaban J connectivity index is 0.989. The number of hydrogen-bond acceptors (Lipinski definition) is 0. The van der Waals surface area contributed by atoms with Crippen molar-refractivity contribution < 1.29 is 0 Å². The lowest BCUT2D eigenvalue weighted by atomic mass is 9.69. The van der Waals surface area contributed by atoms with Gasteiger partial charge in [0.25, 0.3) is 0 Å². The Bertz CT molecular complexity index is 3620. The molecule has 0 saturated heterocycles. The molecule has 0 unspecified atom stereocenters. The molecule has 0 amide bonds. The van der Waals surface area contributed by atoms with Gasteiger partial charge in [0, 0.05) is 16.2 Å². The first kappa shape index (κ1) is 50.2. The Kier molecular flexibility index (Phi) is 13.0. The summed E-state index contributed by atoms with van der Waals surface area (Å²) in [5, 5.41) is 5.41. The van der Waals surface area contributed by atoms with E-state index in [0.29, 0.717) is 0 Å². The number of fused-ring (bicyclic) bond motifs is 13. The minimum Gasteiger partial charge on any atom is -0.0654 e. The van der Waals surface area contributed by atoms with Crippen molar-refractivity contribution in [3.05, 3.63) is 228 Å². The third-order valence-corrected chi connectivity index (χ3v) is 19.2. The van der Waals surface area contributed by atoms with Crippen molar-refractivity contribution in [1.29, 1.82) is 0 Å². The molecule has 3 aliphatic rings. The zero-order valence-corrected chi connectivity index (χ0v) is 47.2. The van der Waals surface area contributed by atoms with Crippen LogP contribution < -0.4 is 0 Å². The van der Waals surface area contributed by atoms with E-state index in [2.05, 4.69) is 236 Å². The molecule has 3 aliphatic carbocycles. The van der Waals surface area contributed by atoms with E-state index < -0.39 is 0 Å². The smallest absolute Gasteiger partial charge is 0.0215 e. The third kappa shape index (κ3) is 8.23. The van der Waals surface area contributed by atoms with E-state index in [-0.39, 0.29) is 16.2 Å². The van der Waals surface area contributed by atoms with Gasteiger partial charge in [-0.2, -0.15) is 0 Å². The van der Waals surface area contributed by atoms with Crippen molar-refractivity contribution in [2.24, 2.45) is 0 Å². The van der Waals surface area contributed by atoms with Gasteiger partial charge >= 0.3 is 0 Å². The number of hydrogen-bond donors (Lipinski definition) is 0. The maximum Gasteiger partial charge on any atom is 0.0215 e. The van der Waals surface area contributed by atoms with Crippen LogP contribution in [0.2, 0.25) is 0 Å². The van der Waals surface area contributed by atoms with Crippen LogP contribution in [0.15, 0.2) is 194 Å². The fourth-order valence-electron chi connectivity index (χ4n) is 15.0. The lowest BCUT2D eigenvalue weighted by Gasteiger charge is -2.34. The van der Waals surface area contributed by atoms with Crippen LogP contribution in [0.5, 0.6) is 0 Å². The van der Waals surface area contributed by atoms with Crippen LogP contribution in [-0.4, -0.2) is 0 Å². The molecule has 10 aromatic rings. The Morgan fingerprint density at radius 1 is 0.256 bits per heavy atom. The fraction of sp³-hybridized carbons (Fsp3) is 0.282. The second-order valence-electron chi connectivity index (χ2n) is 24.6. The van der Waals surface area contributed by atoms with Crippen molar-refractivity contribution in [2.75, 3.05) is 0 Å². The molecule has 78 heavy (non-hydrogen) atoms. The van der Waals surface area contributed by atoms with Crippen LogP contribution in [0.1, 0.15) is 158 Å². The predicted molar refractivity (Wildman–Crippen MR) is 336 cm³/mol. The summed E-state index contributed by atoms with van der Waals surface area (Å²) in [6, 6.07) is 75.0. The molecule has 0 saturated carbocycles. The zero-order chi connectivity index (χ0) is 53.2. The Morgan fingerprint density at radius 3 is 0.962 bits per heavy atom. The largest absolute Gasteiger partial charge is 0.0654 e. The van der Waals surface area contributed by atoms with Gasteiger partial charge in [0.05, 0.1) is 0 Å². The van der Waals surface area contributed by atoms with E-state index in [1.165, 1.54) is 205 Å². The Labute approximate surface area is 465 Å². The predicted octanol–water partition coefficient (Wildman–Crippen LogP) is 22.7. The lowest BCUT2D eigenvalue weighted by Crippen LogP contribution is -2.26. The van der Waals surface area contributed by atoms with Gasteiger partial charge in [0.2, 0.25) is 0 Å². The van der Waals surface area contributed by atoms with Gasteiger partial charge in [-0.3, -0.25) is 0 Å². The molecule has 0 aliphatic heterocycles. The first-order valence-corrected chi connectivity index (χ1v) is 30.0. The molecule has 0 heterocycles. The van der Waals surface area contributed by atoms with Gasteiger partial charge in [-0.05, 0) is 182 Å². The molecule has 388 valence electrons.